The average molecular weight is 242 g/mol. The van der Waals surface area contributed by atoms with Crippen LogP contribution in [0.4, 0.5) is 0 Å². The molecule has 1 aromatic rings. The first-order valence-electron chi connectivity index (χ1n) is 4.44. The highest BCUT2D eigenvalue weighted by molar-refractivity contribution is 9.10. The molecule has 0 aromatic heterocycles. The van der Waals surface area contributed by atoms with E-state index in [1.54, 1.807) is 0 Å². The van der Waals surface area contributed by atoms with Crippen LogP contribution in [0.2, 0.25) is 0 Å². The minimum absolute atomic E-state index is 0.203. The molecule has 1 N–H and O–H groups in total. The highest BCUT2D eigenvalue weighted by atomic mass is 79.9. The number of hydrogen-bond acceptors (Lipinski definition) is 2. The summed E-state index contributed by atoms with van der Waals surface area (Å²) in [5.74, 6) is 0. The van der Waals surface area contributed by atoms with Gasteiger partial charge in [0, 0.05) is 17.4 Å². The fraction of sp³-hybridized carbons (Fsp3) is 0.400. The molecule has 1 fully saturated rings. The highest BCUT2D eigenvalue weighted by Crippen LogP contribution is 2.14. The van der Waals surface area contributed by atoms with Crippen molar-refractivity contribution < 1.29 is 4.74 Å². The fourth-order valence-corrected chi connectivity index (χ4v) is 1.94. The van der Waals surface area contributed by atoms with Crippen molar-refractivity contribution >= 4 is 15.9 Å². The number of nitrogens with one attached hydrogen (secondary N) is 1. The third-order valence-electron chi connectivity index (χ3n) is 2.10. The zero-order valence-electron chi connectivity index (χ0n) is 7.29. The smallest absolute Gasteiger partial charge is 0.112 e. The average Bonchev–Trinajstić information content (AvgIpc) is 2.57. The van der Waals surface area contributed by atoms with Crippen molar-refractivity contribution in [3.05, 3.63) is 34.3 Å². The predicted octanol–water partition coefficient (Wildman–Crippen LogP) is 1.94. The van der Waals surface area contributed by atoms with Crippen LogP contribution in [0.5, 0.6) is 0 Å². The summed E-state index contributed by atoms with van der Waals surface area (Å²) in [6.45, 7) is 1.80. The summed E-state index contributed by atoms with van der Waals surface area (Å²) in [6.07, 6.45) is 1.15. The second-order valence-electron chi connectivity index (χ2n) is 3.15. The molecule has 0 bridgehead atoms. The molecule has 13 heavy (non-hydrogen) atoms. The Kier molecular flexibility index (Phi) is 2.98. The van der Waals surface area contributed by atoms with E-state index in [2.05, 4.69) is 33.4 Å². The monoisotopic (exact) mass is 241 g/mol. The van der Waals surface area contributed by atoms with Crippen LogP contribution in [-0.2, 0) is 11.2 Å². The first-order chi connectivity index (χ1) is 6.34. The largest absolute Gasteiger partial charge is 0.362 e. The van der Waals surface area contributed by atoms with E-state index < -0.39 is 0 Å². The van der Waals surface area contributed by atoms with Crippen LogP contribution >= 0.6 is 15.9 Å². The third kappa shape index (κ3) is 2.53. The second-order valence-corrected chi connectivity index (χ2v) is 4.06. The SMILES string of the molecule is Brc1cccc(CC2NCCO2)c1. The molecular formula is C10H12BrNO. The van der Waals surface area contributed by atoms with E-state index in [-0.39, 0.29) is 6.23 Å². The van der Waals surface area contributed by atoms with Crippen LogP contribution in [0.1, 0.15) is 5.56 Å². The standard InChI is InChI=1S/C10H12BrNO/c11-9-3-1-2-8(6-9)7-10-12-4-5-13-10/h1-3,6,10,12H,4-5,7H2. The molecule has 0 radical (unpaired) electrons. The molecule has 0 saturated carbocycles. The fourth-order valence-electron chi connectivity index (χ4n) is 1.49. The minimum atomic E-state index is 0.203. The van der Waals surface area contributed by atoms with Gasteiger partial charge in [-0.05, 0) is 17.7 Å². The van der Waals surface area contributed by atoms with E-state index in [4.69, 9.17) is 4.74 Å². The van der Waals surface area contributed by atoms with Gasteiger partial charge in [0.2, 0.25) is 0 Å². The molecule has 1 heterocycles. The minimum Gasteiger partial charge on any atom is -0.362 e. The molecule has 0 aliphatic carbocycles. The topological polar surface area (TPSA) is 21.3 Å². The van der Waals surface area contributed by atoms with Gasteiger partial charge >= 0.3 is 0 Å². The lowest BCUT2D eigenvalue weighted by Gasteiger charge is -2.09. The maximum absolute atomic E-state index is 5.47. The Bertz CT molecular complexity index is 284. The molecule has 0 amide bonds. The molecular weight excluding hydrogens is 230 g/mol. The van der Waals surface area contributed by atoms with Crippen molar-refractivity contribution in [2.45, 2.75) is 12.6 Å². The van der Waals surface area contributed by atoms with Gasteiger partial charge in [-0.1, -0.05) is 28.1 Å². The first-order valence-corrected chi connectivity index (χ1v) is 5.23. The van der Waals surface area contributed by atoms with Crippen LogP contribution in [0, 0.1) is 0 Å². The molecule has 1 saturated heterocycles. The lowest BCUT2D eigenvalue weighted by atomic mass is 10.1. The van der Waals surface area contributed by atoms with E-state index in [1.165, 1.54) is 5.56 Å². The Morgan fingerprint density at radius 1 is 1.54 bits per heavy atom. The normalized spacial score (nSPS) is 22.1. The van der Waals surface area contributed by atoms with Gasteiger partial charge in [0.1, 0.15) is 6.23 Å². The lowest BCUT2D eigenvalue weighted by Crippen LogP contribution is -2.24. The molecule has 3 heteroatoms. The molecule has 0 spiro atoms. The van der Waals surface area contributed by atoms with Crippen LogP contribution in [-0.4, -0.2) is 19.4 Å². The maximum Gasteiger partial charge on any atom is 0.112 e. The molecule has 1 aliphatic rings. The first kappa shape index (κ1) is 9.19. The van der Waals surface area contributed by atoms with Gasteiger partial charge in [0.25, 0.3) is 0 Å². The van der Waals surface area contributed by atoms with E-state index in [9.17, 15) is 0 Å². The lowest BCUT2D eigenvalue weighted by molar-refractivity contribution is 0.102. The van der Waals surface area contributed by atoms with Crippen LogP contribution in [0.25, 0.3) is 0 Å². The summed E-state index contributed by atoms with van der Waals surface area (Å²) < 4.78 is 6.60. The van der Waals surface area contributed by atoms with Crippen molar-refractivity contribution in [2.75, 3.05) is 13.2 Å². The van der Waals surface area contributed by atoms with Gasteiger partial charge in [-0.3, -0.25) is 5.32 Å². The van der Waals surface area contributed by atoms with Gasteiger partial charge in [-0.2, -0.15) is 0 Å². The summed E-state index contributed by atoms with van der Waals surface area (Å²) in [4.78, 5) is 0. The van der Waals surface area contributed by atoms with Crippen LogP contribution in [0.3, 0.4) is 0 Å². The number of rotatable bonds is 2. The van der Waals surface area contributed by atoms with Gasteiger partial charge in [0.05, 0.1) is 6.61 Å². The molecule has 2 rings (SSSR count). The predicted molar refractivity (Wildman–Crippen MR) is 55.6 cm³/mol. The molecule has 1 aromatic carbocycles. The van der Waals surface area contributed by atoms with E-state index in [0.717, 1.165) is 24.0 Å². The van der Waals surface area contributed by atoms with Crippen molar-refractivity contribution in [3.63, 3.8) is 0 Å². The highest BCUT2D eigenvalue weighted by Gasteiger charge is 2.14. The zero-order chi connectivity index (χ0) is 9.10. The second kappa shape index (κ2) is 4.22. The molecule has 1 atom stereocenters. The Morgan fingerprint density at radius 3 is 3.15 bits per heavy atom. The van der Waals surface area contributed by atoms with Crippen molar-refractivity contribution in [3.8, 4) is 0 Å². The van der Waals surface area contributed by atoms with E-state index in [0.29, 0.717) is 0 Å². The van der Waals surface area contributed by atoms with Crippen molar-refractivity contribution in [1.82, 2.24) is 5.32 Å². The van der Waals surface area contributed by atoms with Gasteiger partial charge in [-0.25, -0.2) is 0 Å². The Balaban J connectivity index is 2.00. The van der Waals surface area contributed by atoms with Gasteiger partial charge in [0.15, 0.2) is 0 Å². The Labute approximate surface area is 86.4 Å². The zero-order valence-corrected chi connectivity index (χ0v) is 8.88. The number of halogens is 1. The molecule has 1 aliphatic heterocycles. The third-order valence-corrected chi connectivity index (χ3v) is 2.60. The summed E-state index contributed by atoms with van der Waals surface area (Å²) in [5, 5.41) is 3.29. The van der Waals surface area contributed by atoms with Gasteiger partial charge < -0.3 is 4.74 Å². The summed E-state index contributed by atoms with van der Waals surface area (Å²) in [6, 6.07) is 8.33. The quantitative estimate of drug-likeness (QED) is 0.855. The number of ether oxygens (including phenoxy) is 1. The number of benzene rings is 1. The molecule has 2 nitrogen and oxygen atoms in total. The van der Waals surface area contributed by atoms with E-state index >= 15 is 0 Å². The van der Waals surface area contributed by atoms with Gasteiger partial charge in [-0.15, -0.1) is 0 Å². The summed E-state index contributed by atoms with van der Waals surface area (Å²) in [7, 11) is 0. The number of hydrogen-bond donors (Lipinski definition) is 1. The molecule has 1 unspecified atom stereocenters. The van der Waals surface area contributed by atoms with Crippen LogP contribution < -0.4 is 5.32 Å². The maximum atomic E-state index is 5.47. The van der Waals surface area contributed by atoms with Crippen LogP contribution in [0.15, 0.2) is 28.7 Å². The summed E-state index contributed by atoms with van der Waals surface area (Å²) in [5.41, 5.74) is 1.30. The summed E-state index contributed by atoms with van der Waals surface area (Å²) >= 11 is 3.45. The van der Waals surface area contributed by atoms with Crippen molar-refractivity contribution in [1.29, 1.82) is 0 Å². The molecule has 70 valence electrons. The Morgan fingerprint density at radius 2 is 2.46 bits per heavy atom. The van der Waals surface area contributed by atoms with E-state index in [1.807, 2.05) is 12.1 Å². The Hall–Kier alpha value is -0.380. The van der Waals surface area contributed by atoms with Crippen molar-refractivity contribution in [2.24, 2.45) is 0 Å².